The highest BCUT2D eigenvalue weighted by Gasteiger charge is 2.27. The maximum Gasteiger partial charge on any atom is 0.218 e. The van der Waals surface area contributed by atoms with Gasteiger partial charge in [-0.25, -0.2) is 19.9 Å². The van der Waals surface area contributed by atoms with Crippen molar-refractivity contribution in [3.63, 3.8) is 0 Å². The van der Waals surface area contributed by atoms with Crippen LogP contribution in [0.4, 0.5) is 11.6 Å². The van der Waals surface area contributed by atoms with Crippen LogP contribution in [0.15, 0.2) is 24.8 Å². The zero-order chi connectivity index (χ0) is 16.9. The van der Waals surface area contributed by atoms with Crippen LogP contribution in [0.3, 0.4) is 0 Å². The van der Waals surface area contributed by atoms with Crippen molar-refractivity contribution in [1.82, 2.24) is 19.9 Å². The van der Waals surface area contributed by atoms with Crippen LogP contribution >= 0.6 is 0 Å². The van der Waals surface area contributed by atoms with Crippen LogP contribution in [0, 0.1) is 11.3 Å². The normalized spacial score (nSPS) is 17.5. The molecule has 0 amide bonds. The lowest BCUT2D eigenvalue weighted by atomic mass is 10.2. The third kappa shape index (κ3) is 3.20. The van der Waals surface area contributed by atoms with E-state index < -0.39 is 0 Å². The van der Waals surface area contributed by atoms with Crippen LogP contribution in [0.2, 0.25) is 0 Å². The van der Waals surface area contributed by atoms with Crippen molar-refractivity contribution in [2.24, 2.45) is 0 Å². The molecule has 3 heterocycles. The molecule has 3 rings (SSSR count). The molecule has 1 atom stereocenters. The molecule has 0 bridgehead atoms. The summed E-state index contributed by atoms with van der Waals surface area (Å²) in [4.78, 5) is 21.2. The van der Waals surface area contributed by atoms with Gasteiger partial charge in [-0.2, -0.15) is 5.26 Å². The van der Waals surface area contributed by atoms with Crippen LogP contribution in [0.1, 0.15) is 19.5 Å². The molecular formula is C16H19N7O. The predicted octanol–water partition coefficient (Wildman–Crippen LogP) is 1.25. The number of anilines is 2. The van der Waals surface area contributed by atoms with Gasteiger partial charge in [0, 0.05) is 44.1 Å². The molecule has 0 radical (unpaired) electrons. The van der Waals surface area contributed by atoms with Crippen LogP contribution < -0.4 is 14.5 Å². The Hall–Kier alpha value is -2.95. The van der Waals surface area contributed by atoms with Gasteiger partial charge < -0.3 is 14.5 Å². The van der Waals surface area contributed by atoms with Gasteiger partial charge in [0.05, 0.1) is 6.61 Å². The summed E-state index contributed by atoms with van der Waals surface area (Å²) in [7, 11) is 0. The van der Waals surface area contributed by atoms with Crippen LogP contribution in [-0.2, 0) is 0 Å². The molecule has 2 aromatic heterocycles. The first-order valence-electron chi connectivity index (χ1n) is 7.90. The Morgan fingerprint density at radius 1 is 1.25 bits per heavy atom. The van der Waals surface area contributed by atoms with E-state index in [1.54, 1.807) is 6.20 Å². The highest BCUT2D eigenvalue weighted by atomic mass is 16.5. The Morgan fingerprint density at radius 2 is 2.08 bits per heavy atom. The number of nitrogens with zero attached hydrogens (tertiary/aromatic N) is 7. The predicted molar refractivity (Wildman–Crippen MR) is 89.0 cm³/mol. The molecule has 0 N–H and O–H groups in total. The van der Waals surface area contributed by atoms with E-state index in [9.17, 15) is 5.26 Å². The molecule has 0 aromatic carbocycles. The maximum atomic E-state index is 9.21. The summed E-state index contributed by atoms with van der Waals surface area (Å²) in [6, 6.07) is 4.17. The number of ether oxygens (including phenoxy) is 1. The zero-order valence-electron chi connectivity index (χ0n) is 13.8. The van der Waals surface area contributed by atoms with E-state index in [2.05, 4.69) is 42.7 Å². The minimum atomic E-state index is 0.205. The number of hydrogen-bond acceptors (Lipinski definition) is 8. The lowest BCUT2D eigenvalue weighted by molar-refractivity contribution is 0.326. The van der Waals surface area contributed by atoms with E-state index in [1.807, 2.05) is 13.0 Å². The highest BCUT2D eigenvalue weighted by molar-refractivity contribution is 5.52. The standard InChI is InChI=1S/C16H19N7O/c1-3-24-15-8-14(20-11-21-15)23-7-6-22(10-12(23)2)16-13(9-17)18-4-5-19-16/h4-5,8,11-12H,3,6-7,10H2,1-2H3. The van der Waals surface area contributed by atoms with E-state index in [0.29, 0.717) is 24.0 Å². The van der Waals surface area contributed by atoms with Gasteiger partial charge in [-0.05, 0) is 13.8 Å². The second-order valence-electron chi connectivity index (χ2n) is 5.48. The molecule has 0 aliphatic carbocycles. The minimum Gasteiger partial charge on any atom is -0.478 e. The minimum absolute atomic E-state index is 0.205. The molecule has 0 spiro atoms. The van der Waals surface area contributed by atoms with Gasteiger partial charge in [0.25, 0.3) is 0 Å². The number of nitriles is 1. The van der Waals surface area contributed by atoms with Crippen molar-refractivity contribution in [2.45, 2.75) is 19.9 Å². The Labute approximate surface area is 140 Å². The lowest BCUT2D eigenvalue weighted by Gasteiger charge is -2.41. The second kappa shape index (κ2) is 7.08. The molecule has 1 fully saturated rings. The maximum absolute atomic E-state index is 9.21. The molecule has 8 nitrogen and oxygen atoms in total. The fourth-order valence-corrected chi connectivity index (χ4v) is 2.85. The summed E-state index contributed by atoms with van der Waals surface area (Å²) in [5, 5.41) is 9.21. The van der Waals surface area contributed by atoms with E-state index >= 15 is 0 Å². The summed E-state index contributed by atoms with van der Waals surface area (Å²) < 4.78 is 5.45. The molecular weight excluding hydrogens is 306 g/mol. The monoisotopic (exact) mass is 325 g/mol. The largest absolute Gasteiger partial charge is 0.478 e. The SMILES string of the molecule is CCOc1cc(N2CCN(c3nccnc3C#N)CC2C)ncn1. The van der Waals surface area contributed by atoms with Crippen LogP contribution in [-0.4, -0.2) is 52.2 Å². The Morgan fingerprint density at radius 3 is 2.83 bits per heavy atom. The van der Waals surface area contributed by atoms with Crippen molar-refractivity contribution in [1.29, 1.82) is 5.26 Å². The van der Waals surface area contributed by atoms with Crippen molar-refractivity contribution in [3.05, 3.63) is 30.5 Å². The van der Waals surface area contributed by atoms with Crippen LogP contribution in [0.5, 0.6) is 5.88 Å². The molecule has 24 heavy (non-hydrogen) atoms. The average Bonchev–Trinajstić information content (AvgIpc) is 2.62. The number of aromatic nitrogens is 4. The molecule has 124 valence electrons. The quantitative estimate of drug-likeness (QED) is 0.829. The van der Waals surface area contributed by atoms with Gasteiger partial charge in [-0.15, -0.1) is 0 Å². The lowest BCUT2D eigenvalue weighted by Crippen LogP contribution is -2.53. The Bertz CT molecular complexity index is 745. The topological polar surface area (TPSA) is 91.1 Å². The van der Waals surface area contributed by atoms with Crippen molar-refractivity contribution >= 4 is 11.6 Å². The molecule has 1 aliphatic rings. The highest BCUT2D eigenvalue weighted by Crippen LogP contribution is 2.24. The van der Waals surface area contributed by atoms with E-state index in [-0.39, 0.29) is 6.04 Å². The van der Waals surface area contributed by atoms with Gasteiger partial charge in [-0.3, -0.25) is 0 Å². The third-order valence-electron chi connectivity index (χ3n) is 3.93. The fourth-order valence-electron chi connectivity index (χ4n) is 2.85. The van der Waals surface area contributed by atoms with Crippen molar-refractivity contribution < 1.29 is 4.74 Å². The number of rotatable bonds is 4. The Kier molecular flexibility index (Phi) is 4.70. The first kappa shape index (κ1) is 15.9. The van der Waals surface area contributed by atoms with Gasteiger partial charge in [0.1, 0.15) is 18.2 Å². The van der Waals surface area contributed by atoms with E-state index in [4.69, 9.17) is 4.74 Å². The zero-order valence-corrected chi connectivity index (χ0v) is 13.8. The second-order valence-corrected chi connectivity index (χ2v) is 5.48. The van der Waals surface area contributed by atoms with E-state index in [0.717, 1.165) is 25.5 Å². The van der Waals surface area contributed by atoms with Gasteiger partial charge in [0.15, 0.2) is 11.5 Å². The number of hydrogen-bond donors (Lipinski definition) is 0. The Balaban J connectivity index is 1.76. The van der Waals surface area contributed by atoms with Crippen LogP contribution in [0.25, 0.3) is 0 Å². The molecule has 2 aromatic rings. The summed E-state index contributed by atoms with van der Waals surface area (Å²) in [6.45, 7) is 6.87. The fraction of sp³-hybridized carbons (Fsp3) is 0.438. The molecule has 1 unspecified atom stereocenters. The van der Waals surface area contributed by atoms with Gasteiger partial charge in [-0.1, -0.05) is 0 Å². The van der Waals surface area contributed by atoms with E-state index in [1.165, 1.54) is 12.5 Å². The first-order valence-corrected chi connectivity index (χ1v) is 7.90. The molecule has 8 heteroatoms. The first-order chi connectivity index (χ1) is 11.7. The smallest absolute Gasteiger partial charge is 0.218 e. The number of piperazine rings is 1. The molecule has 1 saturated heterocycles. The van der Waals surface area contributed by atoms with Crippen molar-refractivity contribution in [3.8, 4) is 11.9 Å². The third-order valence-corrected chi connectivity index (χ3v) is 3.93. The van der Waals surface area contributed by atoms with Gasteiger partial charge in [0.2, 0.25) is 5.88 Å². The van der Waals surface area contributed by atoms with Gasteiger partial charge >= 0.3 is 0 Å². The summed E-state index contributed by atoms with van der Waals surface area (Å²) >= 11 is 0. The molecule has 1 aliphatic heterocycles. The summed E-state index contributed by atoms with van der Waals surface area (Å²) in [5.74, 6) is 2.07. The molecule has 0 saturated carbocycles. The average molecular weight is 325 g/mol. The summed E-state index contributed by atoms with van der Waals surface area (Å²) in [6.07, 6.45) is 4.68. The summed E-state index contributed by atoms with van der Waals surface area (Å²) in [5.41, 5.74) is 0.360. The van der Waals surface area contributed by atoms with Crippen molar-refractivity contribution in [2.75, 3.05) is 36.0 Å².